The van der Waals surface area contributed by atoms with Crippen molar-refractivity contribution in [3.8, 4) is 11.3 Å². The van der Waals surface area contributed by atoms with E-state index in [-0.39, 0.29) is 10.9 Å². The molecular weight excluding hydrogens is 374 g/mol. The van der Waals surface area contributed by atoms with Crippen LogP contribution in [-0.4, -0.2) is 43.3 Å². The maximum atomic E-state index is 12.2. The molecule has 0 aliphatic carbocycles. The molecule has 8 heteroatoms. The van der Waals surface area contributed by atoms with Gasteiger partial charge >= 0.3 is 0 Å². The van der Waals surface area contributed by atoms with Gasteiger partial charge in [-0.05, 0) is 17.7 Å². The summed E-state index contributed by atoms with van der Waals surface area (Å²) in [4.78, 5) is 8.75. The first-order chi connectivity index (χ1) is 13.4. The third kappa shape index (κ3) is 4.53. The highest BCUT2D eigenvalue weighted by Crippen LogP contribution is 2.22. The fourth-order valence-electron chi connectivity index (χ4n) is 2.65. The third-order valence-electron chi connectivity index (χ3n) is 4.33. The van der Waals surface area contributed by atoms with Crippen molar-refractivity contribution in [2.45, 2.75) is 10.9 Å². The Morgan fingerprint density at radius 3 is 2.36 bits per heavy atom. The highest BCUT2D eigenvalue weighted by Gasteiger charge is 2.17. The minimum Gasteiger partial charge on any atom is -0.368 e. The van der Waals surface area contributed by atoms with E-state index in [1.54, 1.807) is 24.3 Å². The van der Waals surface area contributed by atoms with Crippen molar-refractivity contribution in [2.24, 2.45) is 5.73 Å². The Labute approximate surface area is 165 Å². The predicted molar refractivity (Wildman–Crippen MR) is 110 cm³/mol. The Balaban J connectivity index is 1.73. The molecule has 3 rings (SSSR count). The molecule has 0 bridgehead atoms. The molecule has 0 aliphatic rings. The molecule has 0 saturated heterocycles. The van der Waals surface area contributed by atoms with Crippen molar-refractivity contribution >= 4 is 15.8 Å². The monoisotopic (exact) mass is 397 g/mol. The van der Waals surface area contributed by atoms with Crippen molar-refractivity contribution < 1.29 is 8.42 Å². The number of aromatic nitrogens is 2. The fourth-order valence-corrected chi connectivity index (χ4v) is 3.55. The molecule has 146 valence electrons. The Morgan fingerprint density at radius 1 is 1.04 bits per heavy atom. The molecule has 1 aromatic heterocycles. The average molecular weight is 398 g/mol. The first kappa shape index (κ1) is 19.9. The standard InChI is InChI=1S/C20H23N5O2S/c1-25(2)28(26,27)17-10-8-16(9-11-17)19-12-20(24-14-23-19)22-13-18(21)15-6-4-3-5-7-15/h3-12,14,18H,13,21H2,1-2H3,(H,22,23,24)/t18-/m1/s1. The number of benzene rings is 2. The lowest BCUT2D eigenvalue weighted by Gasteiger charge is -2.14. The van der Waals surface area contributed by atoms with Crippen molar-refractivity contribution in [3.63, 3.8) is 0 Å². The van der Waals surface area contributed by atoms with Crippen molar-refractivity contribution in [3.05, 3.63) is 72.6 Å². The molecule has 0 aliphatic heterocycles. The van der Waals surface area contributed by atoms with E-state index < -0.39 is 10.0 Å². The zero-order chi connectivity index (χ0) is 20.1. The van der Waals surface area contributed by atoms with Crippen LogP contribution in [-0.2, 0) is 10.0 Å². The number of hydrogen-bond donors (Lipinski definition) is 2. The number of anilines is 1. The van der Waals surface area contributed by atoms with E-state index in [0.717, 1.165) is 11.1 Å². The topological polar surface area (TPSA) is 101 Å². The number of nitrogens with one attached hydrogen (secondary N) is 1. The minimum absolute atomic E-state index is 0.157. The summed E-state index contributed by atoms with van der Waals surface area (Å²) < 4.78 is 25.5. The second-order valence-electron chi connectivity index (χ2n) is 6.50. The summed E-state index contributed by atoms with van der Waals surface area (Å²) in [5, 5.41) is 3.22. The molecule has 0 saturated carbocycles. The highest BCUT2D eigenvalue weighted by molar-refractivity contribution is 7.89. The van der Waals surface area contributed by atoms with Gasteiger partial charge in [0.05, 0.1) is 10.6 Å². The molecule has 3 N–H and O–H groups in total. The van der Waals surface area contributed by atoms with Crippen LogP contribution >= 0.6 is 0 Å². The lowest BCUT2D eigenvalue weighted by atomic mass is 10.1. The van der Waals surface area contributed by atoms with Gasteiger partial charge in [0, 0.05) is 38.3 Å². The molecule has 7 nitrogen and oxygen atoms in total. The van der Waals surface area contributed by atoms with E-state index in [9.17, 15) is 8.42 Å². The smallest absolute Gasteiger partial charge is 0.242 e. The zero-order valence-corrected chi connectivity index (χ0v) is 16.6. The van der Waals surface area contributed by atoms with Gasteiger partial charge in [0.25, 0.3) is 0 Å². The van der Waals surface area contributed by atoms with Gasteiger partial charge < -0.3 is 11.1 Å². The summed E-state index contributed by atoms with van der Waals surface area (Å²) in [7, 11) is -0.443. The predicted octanol–water partition coefficient (Wildman–Crippen LogP) is 2.51. The van der Waals surface area contributed by atoms with E-state index in [0.29, 0.717) is 18.1 Å². The quantitative estimate of drug-likeness (QED) is 0.635. The zero-order valence-electron chi connectivity index (χ0n) is 15.8. The Bertz CT molecular complexity index is 1020. The van der Waals surface area contributed by atoms with Crippen molar-refractivity contribution in [1.29, 1.82) is 0 Å². The summed E-state index contributed by atoms with van der Waals surface area (Å²) >= 11 is 0. The van der Waals surface area contributed by atoms with Gasteiger partial charge in [-0.3, -0.25) is 0 Å². The molecule has 1 heterocycles. The minimum atomic E-state index is -3.45. The molecular formula is C20H23N5O2S. The van der Waals surface area contributed by atoms with Crippen LogP contribution in [0.4, 0.5) is 5.82 Å². The molecule has 28 heavy (non-hydrogen) atoms. The number of rotatable bonds is 7. The Kier molecular flexibility index (Phi) is 6.03. The molecule has 0 spiro atoms. The SMILES string of the molecule is CN(C)S(=O)(=O)c1ccc(-c2cc(NC[C@@H](N)c3ccccc3)ncn2)cc1. The largest absolute Gasteiger partial charge is 0.368 e. The average Bonchev–Trinajstić information content (AvgIpc) is 2.73. The van der Waals surface area contributed by atoms with Crippen LogP contribution in [0.2, 0.25) is 0 Å². The van der Waals surface area contributed by atoms with Crippen LogP contribution in [0.5, 0.6) is 0 Å². The number of nitrogens with two attached hydrogens (primary N) is 1. The van der Waals surface area contributed by atoms with Crippen LogP contribution < -0.4 is 11.1 Å². The van der Waals surface area contributed by atoms with E-state index in [4.69, 9.17) is 5.73 Å². The van der Waals surface area contributed by atoms with E-state index >= 15 is 0 Å². The van der Waals surface area contributed by atoms with Gasteiger partial charge in [-0.15, -0.1) is 0 Å². The molecule has 0 amide bonds. The Hall–Kier alpha value is -2.81. The second-order valence-corrected chi connectivity index (χ2v) is 8.65. The lowest BCUT2D eigenvalue weighted by Crippen LogP contribution is -2.22. The van der Waals surface area contributed by atoms with Gasteiger partial charge in [-0.1, -0.05) is 42.5 Å². The number of hydrogen-bond acceptors (Lipinski definition) is 6. The lowest BCUT2D eigenvalue weighted by molar-refractivity contribution is 0.521. The summed E-state index contributed by atoms with van der Waals surface area (Å²) in [6.07, 6.45) is 1.47. The van der Waals surface area contributed by atoms with Gasteiger partial charge in [-0.25, -0.2) is 22.7 Å². The molecule has 2 aromatic carbocycles. The molecule has 1 atom stereocenters. The number of sulfonamides is 1. The maximum Gasteiger partial charge on any atom is 0.242 e. The van der Waals surface area contributed by atoms with Crippen LogP contribution in [0, 0.1) is 0 Å². The molecule has 0 unspecified atom stereocenters. The van der Waals surface area contributed by atoms with Gasteiger partial charge in [-0.2, -0.15) is 0 Å². The van der Waals surface area contributed by atoms with Crippen LogP contribution in [0.15, 0.2) is 71.9 Å². The summed E-state index contributed by atoms with van der Waals surface area (Å²) in [5.41, 5.74) is 8.75. The van der Waals surface area contributed by atoms with Crippen molar-refractivity contribution in [2.75, 3.05) is 26.0 Å². The second kappa shape index (κ2) is 8.47. The normalized spacial score (nSPS) is 12.7. The van der Waals surface area contributed by atoms with E-state index in [1.165, 1.54) is 24.7 Å². The van der Waals surface area contributed by atoms with Gasteiger partial charge in [0.1, 0.15) is 12.1 Å². The molecule has 0 radical (unpaired) electrons. The Morgan fingerprint density at radius 2 is 1.71 bits per heavy atom. The maximum absolute atomic E-state index is 12.2. The number of nitrogens with zero attached hydrogens (tertiary/aromatic N) is 3. The van der Waals surface area contributed by atoms with Crippen LogP contribution in [0.3, 0.4) is 0 Å². The van der Waals surface area contributed by atoms with Gasteiger partial charge in [0.15, 0.2) is 0 Å². The van der Waals surface area contributed by atoms with E-state index in [1.807, 2.05) is 36.4 Å². The summed E-state index contributed by atoms with van der Waals surface area (Å²) in [6, 6.07) is 18.1. The molecule has 3 aromatic rings. The fraction of sp³-hybridized carbons (Fsp3) is 0.200. The first-order valence-corrected chi connectivity index (χ1v) is 10.2. The van der Waals surface area contributed by atoms with Crippen molar-refractivity contribution in [1.82, 2.24) is 14.3 Å². The molecule has 0 fully saturated rings. The van der Waals surface area contributed by atoms with E-state index in [2.05, 4.69) is 15.3 Å². The first-order valence-electron chi connectivity index (χ1n) is 8.77. The third-order valence-corrected chi connectivity index (χ3v) is 6.16. The van der Waals surface area contributed by atoms with Gasteiger partial charge in [0.2, 0.25) is 10.0 Å². The van der Waals surface area contributed by atoms with Crippen LogP contribution in [0.25, 0.3) is 11.3 Å². The summed E-state index contributed by atoms with van der Waals surface area (Å²) in [5.74, 6) is 0.654. The summed E-state index contributed by atoms with van der Waals surface area (Å²) in [6.45, 7) is 0.528. The van der Waals surface area contributed by atoms with Crippen LogP contribution in [0.1, 0.15) is 11.6 Å². The highest BCUT2D eigenvalue weighted by atomic mass is 32.2.